The van der Waals surface area contributed by atoms with E-state index in [1.54, 1.807) is 13.2 Å². The molecule has 0 saturated carbocycles. The Balaban J connectivity index is 1.55. The molecule has 4 rings (SSSR count). The van der Waals surface area contributed by atoms with Crippen LogP contribution in [0.15, 0.2) is 46.5 Å². The molecule has 0 bridgehead atoms. The number of para-hydroxylation sites is 1. The van der Waals surface area contributed by atoms with Gasteiger partial charge in [0, 0.05) is 38.1 Å². The lowest BCUT2D eigenvalue weighted by molar-refractivity contribution is -0.129. The zero-order valence-corrected chi connectivity index (χ0v) is 18.0. The zero-order chi connectivity index (χ0) is 21.1. The van der Waals surface area contributed by atoms with Gasteiger partial charge in [0.05, 0.1) is 12.9 Å². The number of likely N-dealkylation sites (N-methyl/N-ethyl adjacent to an activating group) is 1. The predicted molar refractivity (Wildman–Crippen MR) is 117 cm³/mol. The van der Waals surface area contributed by atoms with Crippen LogP contribution in [0.25, 0.3) is 22.6 Å². The van der Waals surface area contributed by atoms with Crippen molar-refractivity contribution in [1.29, 1.82) is 0 Å². The highest BCUT2D eigenvalue weighted by Gasteiger charge is 2.22. The number of aromatic nitrogens is 3. The molecule has 158 valence electrons. The lowest BCUT2D eigenvalue weighted by atomic mass is 10.2. The number of hydrogen-bond donors (Lipinski definition) is 0. The van der Waals surface area contributed by atoms with Gasteiger partial charge in [0.1, 0.15) is 0 Å². The van der Waals surface area contributed by atoms with Crippen LogP contribution in [0.4, 0.5) is 0 Å². The van der Waals surface area contributed by atoms with E-state index in [-0.39, 0.29) is 5.91 Å². The molecule has 1 saturated heterocycles. The summed E-state index contributed by atoms with van der Waals surface area (Å²) in [5.41, 5.74) is 0.669. The zero-order valence-electron chi connectivity index (χ0n) is 17.2. The third-order valence-electron chi connectivity index (χ3n) is 5.16. The molecule has 8 nitrogen and oxygen atoms in total. The van der Waals surface area contributed by atoms with Gasteiger partial charge in [-0.3, -0.25) is 9.36 Å². The summed E-state index contributed by atoms with van der Waals surface area (Å²) in [6, 6.07) is 7.66. The molecule has 1 aromatic carbocycles. The van der Waals surface area contributed by atoms with Crippen molar-refractivity contribution in [2.45, 2.75) is 11.7 Å². The molecule has 0 radical (unpaired) electrons. The average Bonchev–Trinajstić information content (AvgIpc) is 3.36. The van der Waals surface area contributed by atoms with Crippen LogP contribution in [0.2, 0.25) is 0 Å². The second-order valence-corrected chi connectivity index (χ2v) is 8.11. The van der Waals surface area contributed by atoms with E-state index in [9.17, 15) is 4.79 Å². The first-order chi connectivity index (χ1) is 14.6. The molecule has 3 heterocycles. The third kappa shape index (κ3) is 4.08. The van der Waals surface area contributed by atoms with Crippen molar-refractivity contribution in [3.63, 3.8) is 0 Å². The van der Waals surface area contributed by atoms with Gasteiger partial charge in [-0.2, -0.15) is 0 Å². The summed E-state index contributed by atoms with van der Waals surface area (Å²) in [4.78, 5) is 16.7. The molecule has 2 aromatic heterocycles. The fourth-order valence-electron chi connectivity index (χ4n) is 3.45. The number of rotatable bonds is 7. The molecule has 30 heavy (non-hydrogen) atoms. The number of benzene rings is 1. The molecule has 0 aliphatic carbocycles. The van der Waals surface area contributed by atoms with Gasteiger partial charge in [-0.25, -0.2) is 0 Å². The topological polar surface area (TPSA) is 76.6 Å². The largest absolute Gasteiger partial charge is 0.493 e. The Bertz CT molecular complexity index is 1050. The van der Waals surface area contributed by atoms with Crippen LogP contribution in [0.1, 0.15) is 0 Å². The molecule has 1 aliphatic heterocycles. The summed E-state index contributed by atoms with van der Waals surface area (Å²) in [5.74, 6) is 2.31. The van der Waals surface area contributed by atoms with Crippen molar-refractivity contribution in [3.8, 4) is 17.3 Å². The van der Waals surface area contributed by atoms with Gasteiger partial charge in [0.15, 0.2) is 22.2 Å². The van der Waals surface area contributed by atoms with Crippen LogP contribution in [-0.4, -0.2) is 76.6 Å². The number of ether oxygens (including phenoxy) is 1. The van der Waals surface area contributed by atoms with Gasteiger partial charge in [-0.05, 0) is 19.2 Å². The van der Waals surface area contributed by atoms with Gasteiger partial charge in [0.2, 0.25) is 11.7 Å². The average molecular weight is 428 g/mol. The van der Waals surface area contributed by atoms with Crippen LogP contribution in [0.3, 0.4) is 0 Å². The number of methoxy groups -OCH3 is 1. The van der Waals surface area contributed by atoms with E-state index < -0.39 is 0 Å². The van der Waals surface area contributed by atoms with Crippen molar-refractivity contribution in [1.82, 2.24) is 24.6 Å². The number of hydrogen-bond acceptors (Lipinski definition) is 7. The number of amides is 1. The molecule has 1 fully saturated rings. The number of furan rings is 1. The van der Waals surface area contributed by atoms with Crippen molar-refractivity contribution in [2.24, 2.45) is 0 Å². The second-order valence-electron chi connectivity index (χ2n) is 7.17. The minimum atomic E-state index is 0.122. The Kier molecular flexibility index (Phi) is 6.10. The van der Waals surface area contributed by atoms with E-state index in [0.717, 1.165) is 31.6 Å². The molecule has 1 amide bonds. The van der Waals surface area contributed by atoms with E-state index in [2.05, 4.69) is 28.7 Å². The molecular weight excluding hydrogens is 402 g/mol. The van der Waals surface area contributed by atoms with E-state index in [0.29, 0.717) is 40.4 Å². The van der Waals surface area contributed by atoms with Crippen LogP contribution in [-0.2, 0) is 11.3 Å². The molecule has 0 unspecified atom stereocenters. The molecule has 0 N–H and O–H groups in total. The van der Waals surface area contributed by atoms with Crippen molar-refractivity contribution in [2.75, 3.05) is 46.1 Å². The van der Waals surface area contributed by atoms with Crippen molar-refractivity contribution >= 4 is 28.6 Å². The number of carbonyl (C=O) groups is 1. The summed E-state index contributed by atoms with van der Waals surface area (Å²) in [6.45, 7) is 7.70. The lowest BCUT2D eigenvalue weighted by Gasteiger charge is -2.32. The van der Waals surface area contributed by atoms with Gasteiger partial charge in [0.25, 0.3) is 0 Å². The number of allylic oxidation sites excluding steroid dienone is 1. The first-order valence-corrected chi connectivity index (χ1v) is 10.8. The quantitative estimate of drug-likeness (QED) is 0.424. The molecule has 0 spiro atoms. The van der Waals surface area contributed by atoms with Crippen molar-refractivity contribution in [3.05, 3.63) is 36.9 Å². The first kappa shape index (κ1) is 20.5. The monoisotopic (exact) mass is 427 g/mol. The van der Waals surface area contributed by atoms with E-state index in [4.69, 9.17) is 9.15 Å². The standard InChI is InChI=1S/C21H25N5O3S/c1-4-8-26-20(17-13-15-6-5-7-16(28-3)19(15)29-17)22-23-21(26)30-14-18(27)25-11-9-24(2)10-12-25/h4-7,13H,1,8-12,14H2,2-3H3. The summed E-state index contributed by atoms with van der Waals surface area (Å²) < 4.78 is 13.3. The van der Waals surface area contributed by atoms with Gasteiger partial charge in [-0.1, -0.05) is 30.0 Å². The Labute approximate surface area is 179 Å². The maximum atomic E-state index is 12.6. The fourth-order valence-corrected chi connectivity index (χ4v) is 4.30. The fraction of sp³-hybridized carbons (Fsp3) is 0.381. The second kappa shape index (κ2) is 8.93. The smallest absolute Gasteiger partial charge is 0.233 e. The molecule has 1 aliphatic rings. The summed E-state index contributed by atoms with van der Waals surface area (Å²) in [5, 5.41) is 10.2. The Morgan fingerprint density at radius 3 is 2.83 bits per heavy atom. The van der Waals surface area contributed by atoms with Crippen LogP contribution in [0.5, 0.6) is 5.75 Å². The van der Waals surface area contributed by atoms with Crippen LogP contribution >= 0.6 is 11.8 Å². The third-order valence-corrected chi connectivity index (χ3v) is 6.11. The van der Waals surface area contributed by atoms with E-state index in [1.165, 1.54) is 11.8 Å². The van der Waals surface area contributed by atoms with Gasteiger partial charge < -0.3 is 19.0 Å². The van der Waals surface area contributed by atoms with Crippen molar-refractivity contribution < 1.29 is 13.9 Å². The highest BCUT2D eigenvalue weighted by atomic mass is 32.2. The van der Waals surface area contributed by atoms with Crippen LogP contribution in [0, 0.1) is 0 Å². The number of thioether (sulfide) groups is 1. The molecule has 0 atom stereocenters. The number of carbonyl (C=O) groups excluding carboxylic acids is 1. The molecule has 3 aromatic rings. The Morgan fingerprint density at radius 2 is 2.10 bits per heavy atom. The SMILES string of the molecule is C=CCn1c(SCC(=O)N2CCN(C)CC2)nnc1-c1cc2cccc(OC)c2o1. The summed E-state index contributed by atoms with van der Waals surface area (Å²) in [7, 11) is 3.69. The summed E-state index contributed by atoms with van der Waals surface area (Å²) >= 11 is 1.39. The maximum Gasteiger partial charge on any atom is 0.233 e. The molecule has 9 heteroatoms. The number of piperazine rings is 1. The van der Waals surface area contributed by atoms with Gasteiger partial charge in [-0.15, -0.1) is 16.8 Å². The van der Waals surface area contributed by atoms with E-state index >= 15 is 0 Å². The lowest BCUT2D eigenvalue weighted by Crippen LogP contribution is -2.47. The minimum Gasteiger partial charge on any atom is -0.493 e. The highest BCUT2D eigenvalue weighted by Crippen LogP contribution is 2.33. The predicted octanol–water partition coefficient (Wildman–Crippen LogP) is 2.75. The minimum absolute atomic E-state index is 0.122. The Hall–Kier alpha value is -2.78. The normalized spacial score (nSPS) is 14.9. The number of nitrogens with zero attached hydrogens (tertiary/aromatic N) is 5. The van der Waals surface area contributed by atoms with Gasteiger partial charge >= 0.3 is 0 Å². The summed E-state index contributed by atoms with van der Waals surface area (Å²) in [6.07, 6.45) is 1.78. The van der Waals surface area contributed by atoms with Crippen LogP contribution < -0.4 is 4.74 Å². The number of fused-ring (bicyclic) bond motifs is 1. The van der Waals surface area contributed by atoms with E-state index in [1.807, 2.05) is 33.7 Å². The Morgan fingerprint density at radius 1 is 1.30 bits per heavy atom. The molecular formula is C21H25N5O3S. The highest BCUT2D eigenvalue weighted by molar-refractivity contribution is 7.99. The maximum absolute atomic E-state index is 12.6. The first-order valence-electron chi connectivity index (χ1n) is 9.81.